The van der Waals surface area contributed by atoms with Crippen LogP contribution in [0.2, 0.25) is 0 Å². The Hall–Kier alpha value is -1.03. The third-order valence-corrected chi connectivity index (χ3v) is 3.11. The fraction of sp³-hybridized carbons (Fsp3) is 0.500. The summed E-state index contributed by atoms with van der Waals surface area (Å²) in [7, 11) is 0. The standard InChI is InChI=1S/C12H14F3N/c13-12(14,15)10-4-2-1-3-9(10)5-6-11(16)7-8-11/h1-4H,5-8,16H2. The Balaban J connectivity index is 2.13. The maximum absolute atomic E-state index is 12.7. The van der Waals surface area contributed by atoms with Gasteiger partial charge in [-0.3, -0.25) is 0 Å². The van der Waals surface area contributed by atoms with Gasteiger partial charge in [-0.15, -0.1) is 0 Å². The summed E-state index contributed by atoms with van der Waals surface area (Å²) in [5.41, 5.74) is 5.50. The molecule has 4 heteroatoms. The molecule has 2 N–H and O–H groups in total. The maximum Gasteiger partial charge on any atom is 0.416 e. The van der Waals surface area contributed by atoms with Crippen molar-refractivity contribution < 1.29 is 13.2 Å². The summed E-state index contributed by atoms with van der Waals surface area (Å²) < 4.78 is 38.0. The number of alkyl halides is 3. The van der Waals surface area contributed by atoms with E-state index in [1.165, 1.54) is 12.1 Å². The second-order valence-electron chi connectivity index (χ2n) is 4.52. The topological polar surface area (TPSA) is 26.0 Å². The van der Waals surface area contributed by atoms with Crippen molar-refractivity contribution in [2.75, 3.05) is 0 Å². The molecule has 0 aromatic heterocycles. The first-order valence-corrected chi connectivity index (χ1v) is 5.35. The molecule has 1 saturated carbocycles. The molecule has 0 amide bonds. The molecule has 0 unspecified atom stereocenters. The van der Waals surface area contributed by atoms with Crippen LogP contribution in [0.1, 0.15) is 30.4 Å². The average molecular weight is 229 g/mol. The molecule has 1 aliphatic rings. The van der Waals surface area contributed by atoms with Gasteiger partial charge in [-0.2, -0.15) is 13.2 Å². The second-order valence-corrected chi connectivity index (χ2v) is 4.52. The van der Waals surface area contributed by atoms with Crippen LogP contribution < -0.4 is 5.73 Å². The van der Waals surface area contributed by atoms with Crippen LogP contribution in [0.5, 0.6) is 0 Å². The maximum atomic E-state index is 12.7. The smallest absolute Gasteiger partial charge is 0.325 e. The highest BCUT2D eigenvalue weighted by molar-refractivity contribution is 5.30. The molecule has 1 aromatic rings. The van der Waals surface area contributed by atoms with Crippen molar-refractivity contribution in [1.82, 2.24) is 0 Å². The molecule has 88 valence electrons. The minimum absolute atomic E-state index is 0.196. The Kier molecular flexibility index (Phi) is 2.70. The summed E-state index contributed by atoms with van der Waals surface area (Å²) in [6.07, 6.45) is -1.35. The van der Waals surface area contributed by atoms with Crippen molar-refractivity contribution in [1.29, 1.82) is 0 Å². The fourth-order valence-electron chi connectivity index (χ4n) is 1.81. The van der Waals surface area contributed by atoms with E-state index in [0.717, 1.165) is 18.9 Å². The van der Waals surface area contributed by atoms with Crippen LogP contribution in [0.15, 0.2) is 24.3 Å². The highest BCUT2D eigenvalue weighted by Gasteiger charge is 2.38. The van der Waals surface area contributed by atoms with E-state index in [-0.39, 0.29) is 5.54 Å². The van der Waals surface area contributed by atoms with E-state index in [4.69, 9.17) is 5.73 Å². The van der Waals surface area contributed by atoms with Gasteiger partial charge in [0, 0.05) is 5.54 Å². The predicted molar refractivity (Wildman–Crippen MR) is 55.9 cm³/mol. The third kappa shape index (κ3) is 2.55. The molecule has 1 aromatic carbocycles. The summed E-state index contributed by atoms with van der Waals surface area (Å²) in [6.45, 7) is 0. The van der Waals surface area contributed by atoms with Crippen molar-refractivity contribution >= 4 is 0 Å². The molecule has 0 atom stereocenters. The van der Waals surface area contributed by atoms with E-state index in [1.807, 2.05) is 0 Å². The van der Waals surface area contributed by atoms with Crippen molar-refractivity contribution in [3.05, 3.63) is 35.4 Å². The number of benzene rings is 1. The van der Waals surface area contributed by atoms with Crippen molar-refractivity contribution in [2.45, 2.75) is 37.4 Å². The normalized spacial score (nSPS) is 18.5. The van der Waals surface area contributed by atoms with Gasteiger partial charge in [0.1, 0.15) is 0 Å². The SMILES string of the molecule is NC1(CCc2ccccc2C(F)(F)F)CC1. The van der Waals surface area contributed by atoms with Gasteiger partial charge in [0.15, 0.2) is 0 Å². The van der Waals surface area contributed by atoms with Gasteiger partial charge in [-0.05, 0) is 37.3 Å². The zero-order valence-corrected chi connectivity index (χ0v) is 8.85. The van der Waals surface area contributed by atoms with Crippen molar-refractivity contribution in [2.24, 2.45) is 5.73 Å². The van der Waals surface area contributed by atoms with Gasteiger partial charge in [-0.1, -0.05) is 18.2 Å². The summed E-state index contributed by atoms with van der Waals surface area (Å²) >= 11 is 0. The lowest BCUT2D eigenvalue weighted by Gasteiger charge is -2.14. The predicted octanol–water partition coefficient (Wildman–Crippen LogP) is 3.13. The van der Waals surface area contributed by atoms with Gasteiger partial charge >= 0.3 is 6.18 Å². The van der Waals surface area contributed by atoms with E-state index in [2.05, 4.69) is 0 Å². The van der Waals surface area contributed by atoms with Crippen LogP contribution in [0.4, 0.5) is 13.2 Å². The van der Waals surface area contributed by atoms with Crippen molar-refractivity contribution in [3.63, 3.8) is 0 Å². The summed E-state index contributed by atoms with van der Waals surface area (Å²) in [6, 6.07) is 5.72. The molecule has 0 bridgehead atoms. The molecule has 1 fully saturated rings. The van der Waals surface area contributed by atoms with E-state index < -0.39 is 11.7 Å². The first-order valence-electron chi connectivity index (χ1n) is 5.35. The van der Waals surface area contributed by atoms with Crippen molar-refractivity contribution in [3.8, 4) is 0 Å². The van der Waals surface area contributed by atoms with Gasteiger partial charge in [-0.25, -0.2) is 0 Å². The minimum Gasteiger partial charge on any atom is -0.325 e. The first-order chi connectivity index (χ1) is 7.41. The molecule has 0 spiro atoms. The van der Waals surface area contributed by atoms with Crippen LogP contribution in [0.3, 0.4) is 0 Å². The summed E-state index contributed by atoms with van der Waals surface area (Å²) in [5, 5.41) is 0. The van der Waals surface area contributed by atoms with E-state index in [0.29, 0.717) is 18.4 Å². The molecule has 0 aliphatic heterocycles. The number of halogens is 3. The highest BCUT2D eigenvalue weighted by atomic mass is 19.4. The monoisotopic (exact) mass is 229 g/mol. The molecule has 0 saturated heterocycles. The molecule has 0 heterocycles. The number of nitrogens with two attached hydrogens (primary N) is 1. The lowest BCUT2D eigenvalue weighted by molar-refractivity contribution is -0.138. The third-order valence-electron chi connectivity index (χ3n) is 3.11. The Morgan fingerprint density at radius 1 is 1.19 bits per heavy atom. The fourth-order valence-corrected chi connectivity index (χ4v) is 1.81. The number of hydrogen-bond donors (Lipinski definition) is 1. The minimum atomic E-state index is -4.26. The van der Waals surface area contributed by atoms with E-state index in [1.54, 1.807) is 6.07 Å². The Morgan fingerprint density at radius 2 is 1.81 bits per heavy atom. The average Bonchev–Trinajstić information content (AvgIpc) is 2.94. The Labute approximate surface area is 92.5 Å². The quantitative estimate of drug-likeness (QED) is 0.846. The molecule has 2 rings (SSSR count). The van der Waals surface area contributed by atoms with Gasteiger partial charge in [0.25, 0.3) is 0 Å². The van der Waals surface area contributed by atoms with Crippen LogP contribution in [0.25, 0.3) is 0 Å². The largest absolute Gasteiger partial charge is 0.416 e. The van der Waals surface area contributed by atoms with E-state index in [9.17, 15) is 13.2 Å². The molecular weight excluding hydrogens is 215 g/mol. The van der Waals surface area contributed by atoms with Gasteiger partial charge in [0.05, 0.1) is 5.56 Å². The van der Waals surface area contributed by atoms with Crippen LogP contribution >= 0.6 is 0 Å². The molecule has 16 heavy (non-hydrogen) atoms. The van der Waals surface area contributed by atoms with Gasteiger partial charge in [0.2, 0.25) is 0 Å². The lowest BCUT2D eigenvalue weighted by atomic mass is 9.99. The molecule has 0 radical (unpaired) electrons. The number of aryl methyl sites for hydroxylation is 1. The Morgan fingerprint density at radius 3 is 2.38 bits per heavy atom. The lowest BCUT2D eigenvalue weighted by Crippen LogP contribution is -2.22. The summed E-state index contributed by atoms with van der Waals surface area (Å²) in [4.78, 5) is 0. The molecule has 1 aliphatic carbocycles. The zero-order valence-electron chi connectivity index (χ0n) is 8.85. The van der Waals surface area contributed by atoms with Crippen LogP contribution in [-0.2, 0) is 12.6 Å². The molecule has 1 nitrogen and oxygen atoms in total. The van der Waals surface area contributed by atoms with Crippen LogP contribution in [0, 0.1) is 0 Å². The Bertz CT molecular complexity index is 380. The number of rotatable bonds is 3. The van der Waals surface area contributed by atoms with E-state index >= 15 is 0 Å². The highest BCUT2D eigenvalue weighted by Crippen LogP contribution is 2.38. The summed E-state index contributed by atoms with van der Waals surface area (Å²) in [5.74, 6) is 0. The first kappa shape index (κ1) is 11.5. The number of hydrogen-bond acceptors (Lipinski definition) is 1. The molecular formula is C12H14F3N. The zero-order chi connectivity index (χ0) is 11.8. The van der Waals surface area contributed by atoms with Gasteiger partial charge < -0.3 is 5.73 Å². The second kappa shape index (κ2) is 3.77. The van der Waals surface area contributed by atoms with Crippen LogP contribution in [-0.4, -0.2) is 5.54 Å².